The summed E-state index contributed by atoms with van der Waals surface area (Å²) in [6, 6.07) is 5.12. The fraction of sp³-hybridized carbons (Fsp3) is 0.333. The van der Waals surface area contributed by atoms with Gasteiger partial charge < -0.3 is 9.64 Å². The third kappa shape index (κ3) is 2.50. The van der Waals surface area contributed by atoms with Gasteiger partial charge in [0.05, 0.1) is 29.5 Å². The molecule has 2 aromatic rings. The summed E-state index contributed by atoms with van der Waals surface area (Å²) in [6.07, 6.45) is 1.46. The van der Waals surface area contributed by atoms with Crippen LogP contribution in [0, 0.1) is 0 Å². The molecule has 1 aromatic heterocycles. The molecule has 7 nitrogen and oxygen atoms in total. The number of aromatic nitrogens is 4. The van der Waals surface area contributed by atoms with E-state index in [1.54, 1.807) is 23.1 Å². The van der Waals surface area contributed by atoms with Gasteiger partial charge in [0.1, 0.15) is 6.33 Å². The highest BCUT2D eigenvalue weighted by Gasteiger charge is 2.21. The lowest BCUT2D eigenvalue weighted by Crippen LogP contribution is -2.40. The maximum absolute atomic E-state index is 12.5. The van der Waals surface area contributed by atoms with Crippen molar-refractivity contribution in [1.29, 1.82) is 0 Å². The summed E-state index contributed by atoms with van der Waals surface area (Å²) in [5.41, 5.74) is 1.14. The van der Waals surface area contributed by atoms with Gasteiger partial charge in [0.15, 0.2) is 0 Å². The number of carbonyl (C=O) groups excluding carboxylic acids is 1. The Hall–Kier alpha value is -1.99. The average molecular weight is 294 g/mol. The maximum Gasteiger partial charge on any atom is 0.255 e. The molecule has 1 aliphatic rings. The molecule has 1 amide bonds. The van der Waals surface area contributed by atoms with E-state index in [9.17, 15) is 4.79 Å². The Labute approximate surface area is 120 Å². The highest BCUT2D eigenvalue weighted by atomic mass is 35.5. The van der Waals surface area contributed by atoms with Crippen molar-refractivity contribution in [3.63, 3.8) is 0 Å². The van der Waals surface area contributed by atoms with Crippen LogP contribution < -0.4 is 0 Å². The molecular formula is C12H12ClN5O2. The Balaban J connectivity index is 1.92. The van der Waals surface area contributed by atoms with Crippen LogP contribution in [0.25, 0.3) is 5.69 Å². The molecule has 1 aliphatic heterocycles. The zero-order valence-corrected chi connectivity index (χ0v) is 11.3. The van der Waals surface area contributed by atoms with Crippen LogP contribution in [0.4, 0.5) is 0 Å². The van der Waals surface area contributed by atoms with Crippen molar-refractivity contribution in [3.8, 4) is 5.69 Å². The minimum atomic E-state index is -0.103. The molecule has 3 rings (SSSR count). The van der Waals surface area contributed by atoms with Gasteiger partial charge in [0.2, 0.25) is 0 Å². The smallest absolute Gasteiger partial charge is 0.255 e. The summed E-state index contributed by atoms with van der Waals surface area (Å²) in [5.74, 6) is -0.103. The first kappa shape index (κ1) is 13.0. The fourth-order valence-electron chi connectivity index (χ4n) is 2.04. The monoisotopic (exact) mass is 293 g/mol. The summed E-state index contributed by atoms with van der Waals surface area (Å²) in [4.78, 5) is 14.2. The average Bonchev–Trinajstić information content (AvgIpc) is 3.02. The quantitative estimate of drug-likeness (QED) is 0.818. The van der Waals surface area contributed by atoms with Gasteiger partial charge in [-0.15, -0.1) is 5.10 Å². The van der Waals surface area contributed by atoms with Crippen LogP contribution in [0.1, 0.15) is 10.4 Å². The second kappa shape index (κ2) is 5.56. The van der Waals surface area contributed by atoms with Crippen molar-refractivity contribution in [1.82, 2.24) is 25.1 Å². The lowest BCUT2D eigenvalue weighted by atomic mass is 10.1. The minimum Gasteiger partial charge on any atom is -0.378 e. The molecule has 0 radical (unpaired) electrons. The van der Waals surface area contributed by atoms with E-state index < -0.39 is 0 Å². The zero-order chi connectivity index (χ0) is 13.9. The van der Waals surface area contributed by atoms with Crippen LogP contribution in [0.15, 0.2) is 24.5 Å². The molecule has 20 heavy (non-hydrogen) atoms. The standard InChI is InChI=1S/C12H12ClN5O2/c13-11-2-1-9(18-8-14-15-16-18)7-10(11)12(19)17-3-5-20-6-4-17/h1-2,7-8H,3-6H2. The van der Waals surface area contributed by atoms with Crippen LogP contribution in [0.2, 0.25) is 5.02 Å². The number of tetrazole rings is 1. The molecule has 0 bridgehead atoms. The lowest BCUT2D eigenvalue weighted by molar-refractivity contribution is 0.0303. The number of halogens is 1. The van der Waals surface area contributed by atoms with Gasteiger partial charge in [-0.25, -0.2) is 4.68 Å². The van der Waals surface area contributed by atoms with Gasteiger partial charge in [0.25, 0.3) is 5.91 Å². The highest BCUT2D eigenvalue weighted by Crippen LogP contribution is 2.21. The summed E-state index contributed by atoms with van der Waals surface area (Å²) in [5, 5.41) is 11.4. The van der Waals surface area contributed by atoms with Crippen LogP contribution in [0.5, 0.6) is 0 Å². The largest absolute Gasteiger partial charge is 0.378 e. The van der Waals surface area contributed by atoms with Gasteiger partial charge in [-0.05, 0) is 28.6 Å². The number of rotatable bonds is 2. The molecule has 1 saturated heterocycles. The van der Waals surface area contributed by atoms with E-state index in [0.29, 0.717) is 42.6 Å². The summed E-state index contributed by atoms with van der Waals surface area (Å²) in [6.45, 7) is 2.25. The number of morpholine rings is 1. The van der Waals surface area contributed by atoms with E-state index in [2.05, 4.69) is 15.5 Å². The first-order valence-electron chi connectivity index (χ1n) is 6.15. The number of nitrogens with zero attached hydrogens (tertiary/aromatic N) is 5. The molecule has 1 fully saturated rings. The normalized spacial score (nSPS) is 15.3. The Bertz CT molecular complexity index is 610. The van der Waals surface area contributed by atoms with Gasteiger partial charge in [0, 0.05) is 13.1 Å². The first-order valence-corrected chi connectivity index (χ1v) is 6.53. The molecule has 0 spiro atoms. The molecule has 8 heteroatoms. The van der Waals surface area contributed by atoms with E-state index in [0.717, 1.165) is 0 Å². The van der Waals surface area contributed by atoms with E-state index in [4.69, 9.17) is 16.3 Å². The second-order valence-electron chi connectivity index (χ2n) is 4.32. The Morgan fingerprint density at radius 1 is 1.30 bits per heavy atom. The van der Waals surface area contributed by atoms with Crippen molar-refractivity contribution in [2.75, 3.05) is 26.3 Å². The number of amides is 1. The van der Waals surface area contributed by atoms with E-state index in [1.165, 1.54) is 11.0 Å². The summed E-state index contributed by atoms with van der Waals surface area (Å²) < 4.78 is 6.72. The van der Waals surface area contributed by atoms with Crippen LogP contribution in [-0.2, 0) is 4.74 Å². The number of carbonyl (C=O) groups is 1. The molecule has 1 aromatic carbocycles. The molecule has 104 valence electrons. The fourth-order valence-corrected chi connectivity index (χ4v) is 2.23. The van der Waals surface area contributed by atoms with Crippen molar-refractivity contribution in [2.45, 2.75) is 0 Å². The Morgan fingerprint density at radius 3 is 2.80 bits per heavy atom. The Morgan fingerprint density at radius 2 is 2.10 bits per heavy atom. The molecule has 0 unspecified atom stereocenters. The zero-order valence-electron chi connectivity index (χ0n) is 10.6. The Kier molecular flexibility index (Phi) is 3.62. The van der Waals surface area contributed by atoms with E-state index >= 15 is 0 Å². The van der Waals surface area contributed by atoms with Crippen LogP contribution in [-0.4, -0.2) is 57.3 Å². The number of hydrogen-bond acceptors (Lipinski definition) is 5. The van der Waals surface area contributed by atoms with E-state index in [-0.39, 0.29) is 5.91 Å². The molecular weight excluding hydrogens is 282 g/mol. The van der Waals surface area contributed by atoms with Gasteiger partial charge in [-0.2, -0.15) is 0 Å². The van der Waals surface area contributed by atoms with Crippen molar-refractivity contribution in [3.05, 3.63) is 35.1 Å². The number of hydrogen-bond donors (Lipinski definition) is 0. The molecule has 0 N–H and O–H groups in total. The summed E-state index contributed by atoms with van der Waals surface area (Å²) in [7, 11) is 0. The van der Waals surface area contributed by atoms with Crippen LogP contribution >= 0.6 is 11.6 Å². The van der Waals surface area contributed by atoms with Crippen LogP contribution in [0.3, 0.4) is 0 Å². The molecule has 2 heterocycles. The topological polar surface area (TPSA) is 73.1 Å². The first-order chi connectivity index (χ1) is 9.75. The van der Waals surface area contributed by atoms with Crippen molar-refractivity contribution in [2.24, 2.45) is 0 Å². The molecule has 0 aliphatic carbocycles. The third-order valence-corrected chi connectivity index (χ3v) is 3.42. The summed E-state index contributed by atoms with van der Waals surface area (Å²) >= 11 is 6.13. The second-order valence-corrected chi connectivity index (χ2v) is 4.73. The number of benzene rings is 1. The molecule has 0 saturated carbocycles. The SMILES string of the molecule is O=C(c1cc(-n2cnnn2)ccc1Cl)N1CCOCC1. The van der Waals surface area contributed by atoms with Crippen molar-refractivity contribution >= 4 is 17.5 Å². The van der Waals surface area contributed by atoms with Gasteiger partial charge in [-0.3, -0.25) is 4.79 Å². The van der Waals surface area contributed by atoms with Crippen molar-refractivity contribution < 1.29 is 9.53 Å². The lowest BCUT2D eigenvalue weighted by Gasteiger charge is -2.27. The highest BCUT2D eigenvalue weighted by molar-refractivity contribution is 6.33. The predicted molar refractivity (Wildman–Crippen MR) is 70.9 cm³/mol. The maximum atomic E-state index is 12.5. The van der Waals surface area contributed by atoms with Gasteiger partial charge >= 0.3 is 0 Å². The van der Waals surface area contributed by atoms with Gasteiger partial charge in [-0.1, -0.05) is 11.6 Å². The van der Waals surface area contributed by atoms with E-state index in [1.807, 2.05) is 0 Å². The number of ether oxygens (including phenoxy) is 1. The predicted octanol–water partition coefficient (Wildman–Crippen LogP) is 0.788. The third-order valence-electron chi connectivity index (χ3n) is 3.09. The molecule has 0 atom stereocenters. The minimum absolute atomic E-state index is 0.103.